The average molecular weight is 356 g/mol. The molecule has 1 unspecified atom stereocenters. The van der Waals surface area contributed by atoms with Crippen LogP contribution in [-0.2, 0) is 11.0 Å². The molecule has 0 fully saturated rings. The minimum Gasteiger partial charge on any atom is -0.242 e. The number of rotatable bonds is 5. The minimum atomic E-state index is -1.16. The molecule has 2 atom stereocenters. The van der Waals surface area contributed by atoms with Crippen molar-refractivity contribution in [2.24, 2.45) is 0 Å². The van der Waals surface area contributed by atoms with Crippen LogP contribution >= 0.6 is 0 Å². The zero-order valence-corrected chi connectivity index (χ0v) is 15.9. The van der Waals surface area contributed by atoms with Gasteiger partial charge in [0, 0.05) is 29.6 Å². The van der Waals surface area contributed by atoms with Gasteiger partial charge in [0.2, 0.25) is 0 Å². The lowest BCUT2D eigenvalue weighted by molar-refractivity contribution is 0.587. The lowest BCUT2D eigenvalue weighted by atomic mass is 9.99. The maximum absolute atomic E-state index is 12.6. The van der Waals surface area contributed by atoms with Gasteiger partial charge in [-0.25, -0.2) is 18.4 Å². The average Bonchev–Trinajstić information content (AvgIpc) is 3.05. The monoisotopic (exact) mass is 356 g/mol. The van der Waals surface area contributed by atoms with Gasteiger partial charge in [-0.3, -0.25) is 0 Å². The van der Waals surface area contributed by atoms with Gasteiger partial charge >= 0.3 is 0 Å². The van der Waals surface area contributed by atoms with Crippen molar-refractivity contribution in [1.82, 2.24) is 19.3 Å². The second kappa shape index (κ2) is 7.06. The summed E-state index contributed by atoms with van der Waals surface area (Å²) in [5.74, 6) is 0. The zero-order chi connectivity index (χ0) is 18.0. The van der Waals surface area contributed by atoms with Gasteiger partial charge in [-0.15, -0.1) is 0 Å². The number of nitrogens with one attached hydrogen (secondary N) is 1. The number of nitrogens with zero attached hydrogens (tertiary/aromatic N) is 3. The topological polar surface area (TPSA) is 59.3 Å². The van der Waals surface area contributed by atoms with Crippen LogP contribution in [0.5, 0.6) is 0 Å². The van der Waals surface area contributed by atoms with Crippen LogP contribution in [0.1, 0.15) is 45.7 Å². The van der Waals surface area contributed by atoms with Crippen LogP contribution in [0.3, 0.4) is 0 Å². The number of hydrogen-bond acceptors (Lipinski definition) is 3. The van der Waals surface area contributed by atoms with Crippen molar-refractivity contribution in [2.75, 3.05) is 0 Å². The first-order valence-corrected chi connectivity index (χ1v) is 9.63. The first-order chi connectivity index (χ1) is 11.9. The number of benzene rings is 1. The van der Waals surface area contributed by atoms with Crippen molar-refractivity contribution in [1.29, 1.82) is 0 Å². The highest BCUT2D eigenvalue weighted by molar-refractivity contribution is 7.84. The summed E-state index contributed by atoms with van der Waals surface area (Å²) in [6, 6.07) is 12.1. The van der Waals surface area contributed by atoms with Crippen molar-refractivity contribution >= 4 is 16.6 Å². The molecule has 25 heavy (non-hydrogen) atoms. The molecule has 1 N–H and O–H groups in total. The number of fused-ring (bicyclic) bond motifs is 1. The molecule has 0 saturated heterocycles. The molecule has 5 nitrogen and oxygen atoms in total. The molecular formula is C19H24N4OS. The molecule has 0 bridgehead atoms. The fourth-order valence-corrected chi connectivity index (χ4v) is 3.53. The Balaban J connectivity index is 2.10. The molecule has 0 spiro atoms. The van der Waals surface area contributed by atoms with Gasteiger partial charge in [0.25, 0.3) is 0 Å². The number of imidazole rings is 1. The third-order valence-corrected chi connectivity index (χ3v) is 5.66. The second-order valence-electron chi connectivity index (χ2n) is 7.00. The fourth-order valence-electron chi connectivity index (χ4n) is 2.63. The molecule has 2 aromatic heterocycles. The van der Waals surface area contributed by atoms with E-state index in [4.69, 9.17) is 5.10 Å². The highest BCUT2D eigenvalue weighted by Crippen LogP contribution is 2.30. The molecule has 0 saturated carbocycles. The largest absolute Gasteiger partial charge is 0.242 e. The summed E-state index contributed by atoms with van der Waals surface area (Å²) >= 11 is 0. The Morgan fingerprint density at radius 2 is 1.96 bits per heavy atom. The Hall–Kier alpha value is -2.05. The van der Waals surface area contributed by atoms with E-state index in [9.17, 15) is 4.21 Å². The van der Waals surface area contributed by atoms with Crippen molar-refractivity contribution in [3.63, 3.8) is 0 Å². The predicted molar refractivity (Wildman–Crippen MR) is 102 cm³/mol. The van der Waals surface area contributed by atoms with Crippen LogP contribution < -0.4 is 4.72 Å². The highest BCUT2D eigenvalue weighted by Gasteiger charge is 2.25. The number of aromatic nitrogens is 3. The van der Waals surface area contributed by atoms with E-state index < -0.39 is 11.0 Å². The molecule has 6 heteroatoms. The van der Waals surface area contributed by atoms with Gasteiger partial charge in [0.05, 0.1) is 21.4 Å². The van der Waals surface area contributed by atoms with Crippen LogP contribution in [-0.4, -0.2) is 23.6 Å². The normalized spacial score (nSPS) is 14.6. The third kappa shape index (κ3) is 3.80. The van der Waals surface area contributed by atoms with E-state index in [-0.39, 0.29) is 10.8 Å². The maximum Gasteiger partial charge on any atom is 0.153 e. The molecule has 2 heterocycles. The van der Waals surface area contributed by atoms with Gasteiger partial charge in [0.1, 0.15) is 0 Å². The molecule has 0 radical (unpaired) electrons. The molecular weight excluding hydrogens is 332 g/mol. The lowest BCUT2D eigenvalue weighted by Crippen LogP contribution is -2.35. The zero-order valence-electron chi connectivity index (χ0n) is 15.1. The standard InChI is InChI=1S/C19H24N4OS/c1-5-16(22-25(24)19(2,3)4)15-13-17-20-11-12-23(17)21-18(15)14-9-7-6-8-10-14/h6-13,16,22H,5H2,1-4H3/t16-,25?/m0/s1. The van der Waals surface area contributed by atoms with E-state index in [0.29, 0.717) is 0 Å². The predicted octanol–water partition coefficient (Wildman–Crippen LogP) is 3.90. The Kier molecular flexibility index (Phi) is 5.01. The van der Waals surface area contributed by atoms with Gasteiger partial charge in [-0.1, -0.05) is 37.3 Å². The summed E-state index contributed by atoms with van der Waals surface area (Å²) in [5, 5.41) is 4.76. The second-order valence-corrected chi connectivity index (χ2v) is 9.00. The van der Waals surface area contributed by atoms with Crippen molar-refractivity contribution < 1.29 is 4.21 Å². The molecule has 0 aliphatic heterocycles. The smallest absolute Gasteiger partial charge is 0.153 e. The molecule has 3 rings (SSSR count). The third-order valence-electron chi connectivity index (χ3n) is 4.05. The highest BCUT2D eigenvalue weighted by atomic mass is 32.2. The maximum atomic E-state index is 12.6. The van der Waals surface area contributed by atoms with E-state index in [1.807, 2.05) is 63.4 Å². The van der Waals surface area contributed by atoms with E-state index in [1.165, 1.54) is 0 Å². The summed E-state index contributed by atoms with van der Waals surface area (Å²) in [6.45, 7) is 7.99. The van der Waals surface area contributed by atoms with Crippen LogP contribution in [0.2, 0.25) is 0 Å². The summed E-state index contributed by atoms with van der Waals surface area (Å²) in [5.41, 5.74) is 3.73. The molecule has 3 aromatic rings. The first-order valence-electron chi connectivity index (χ1n) is 8.48. The van der Waals surface area contributed by atoms with Gasteiger partial charge < -0.3 is 0 Å². The molecule has 132 valence electrons. The van der Waals surface area contributed by atoms with E-state index in [1.54, 1.807) is 10.7 Å². The summed E-state index contributed by atoms with van der Waals surface area (Å²) in [4.78, 5) is 4.36. The molecule has 0 aliphatic carbocycles. The number of hydrogen-bond donors (Lipinski definition) is 1. The SMILES string of the molecule is CC[C@H](NS(=O)C(C)(C)C)c1cc2nccn2nc1-c1ccccc1. The van der Waals surface area contributed by atoms with E-state index in [2.05, 4.69) is 16.6 Å². The fraction of sp³-hybridized carbons (Fsp3) is 0.368. The summed E-state index contributed by atoms with van der Waals surface area (Å²) in [7, 11) is -1.16. The minimum absolute atomic E-state index is 0.0653. The Labute approximate surface area is 151 Å². The van der Waals surface area contributed by atoms with Crippen LogP contribution in [0.15, 0.2) is 48.8 Å². The molecule has 1 aromatic carbocycles. The quantitative estimate of drug-likeness (QED) is 0.754. The van der Waals surface area contributed by atoms with E-state index >= 15 is 0 Å². The summed E-state index contributed by atoms with van der Waals surface area (Å²) in [6.07, 6.45) is 4.38. The first kappa shape index (κ1) is 17.8. The van der Waals surface area contributed by atoms with E-state index in [0.717, 1.165) is 28.9 Å². The van der Waals surface area contributed by atoms with Crippen LogP contribution in [0, 0.1) is 0 Å². The van der Waals surface area contributed by atoms with Gasteiger partial charge in [-0.2, -0.15) is 5.10 Å². The van der Waals surface area contributed by atoms with Crippen molar-refractivity contribution in [3.8, 4) is 11.3 Å². The lowest BCUT2D eigenvalue weighted by Gasteiger charge is -2.25. The van der Waals surface area contributed by atoms with Gasteiger partial charge in [0.15, 0.2) is 5.65 Å². The van der Waals surface area contributed by atoms with Crippen molar-refractivity contribution in [3.05, 3.63) is 54.4 Å². The Morgan fingerprint density at radius 1 is 1.24 bits per heavy atom. The summed E-state index contributed by atoms with van der Waals surface area (Å²) < 4.78 is 17.4. The van der Waals surface area contributed by atoms with Crippen LogP contribution in [0.4, 0.5) is 0 Å². The Morgan fingerprint density at radius 3 is 2.60 bits per heavy atom. The van der Waals surface area contributed by atoms with Crippen LogP contribution in [0.25, 0.3) is 16.9 Å². The molecule has 0 amide bonds. The van der Waals surface area contributed by atoms with Gasteiger partial charge in [-0.05, 0) is 33.3 Å². The Bertz CT molecular complexity index is 883. The molecule has 0 aliphatic rings. The van der Waals surface area contributed by atoms with Crippen molar-refractivity contribution in [2.45, 2.75) is 44.9 Å².